The first-order chi connectivity index (χ1) is 17.5. The molecule has 0 bridgehead atoms. The highest BCUT2D eigenvalue weighted by Crippen LogP contribution is 2.41. The van der Waals surface area contributed by atoms with Crippen molar-refractivity contribution in [2.24, 2.45) is 0 Å². The Bertz CT molecular complexity index is 874. The SMILES string of the molecule is CCCCCCCCCCCCCCCCOc1ccc(OP(=O)([O-])Oc2cccc(CBr)c2)cc1. The lowest BCUT2D eigenvalue weighted by Crippen LogP contribution is -2.13. The number of unbranched alkanes of at least 4 members (excludes halogenated alkanes) is 13. The van der Waals surface area contributed by atoms with Gasteiger partial charge in [0.1, 0.15) is 17.2 Å². The van der Waals surface area contributed by atoms with Crippen molar-refractivity contribution in [3.63, 3.8) is 0 Å². The van der Waals surface area contributed by atoms with Crippen molar-refractivity contribution in [3.8, 4) is 17.2 Å². The third-order valence-electron chi connectivity index (χ3n) is 6.08. The maximum Gasteiger partial charge on any atom is 0.372 e. The molecule has 2 aromatic carbocycles. The first kappa shape index (κ1) is 30.7. The van der Waals surface area contributed by atoms with E-state index >= 15 is 0 Å². The lowest BCUT2D eigenvalue weighted by atomic mass is 10.0. The molecule has 0 fully saturated rings. The van der Waals surface area contributed by atoms with E-state index in [1.807, 2.05) is 6.07 Å². The number of hydrogen-bond donors (Lipinski definition) is 0. The molecule has 2 rings (SSSR count). The van der Waals surface area contributed by atoms with Crippen LogP contribution in [0.4, 0.5) is 0 Å². The van der Waals surface area contributed by atoms with Gasteiger partial charge in [0, 0.05) is 5.33 Å². The summed E-state index contributed by atoms with van der Waals surface area (Å²) in [4.78, 5) is 12.2. The molecular weight excluding hydrogens is 539 g/mol. The Balaban J connectivity index is 1.51. The summed E-state index contributed by atoms with van der Waals surface area (Å²) in [6, 6.07) is 13.4. The summed E-state index contributed by atoms with van der Waals surface area (Å²) < 4.78 is 28.1. The molecule has 0 amide bonds. The minimum Gasteiger partial charge on any atom is -0.736 e. The Morgan fingerprint density at radius 1 is 0.694 bits per heavy atom. The van der Waals surface area contributed by atoms with Crippen LogP contribution in [0, 0.1) is 0 Å². The lowest BCUT2D eigenvalue weighted by Gasteiger charge is -2.24. The average molecular weight is 583 g/mol. The quantitative estimate of drug-likeness (QED) is 0.0834. The van der Waals surface area contributed by atoms with Gasteiger partial charge in [-0.15, -0.1) is 0 Å². The molecule has 0 aliphatic heterocycles. The Labute approximate surface area is 226 Å². The van der Waals surface area contributed by atoms with Crippen LogP contribution >= 0.6 is 23.8 Å². The van der Waals surface area contributed by atoms with Crippen LogP contribution in [0.15, 0.2) is 48.5 Å². The molecule has 0 saturated carbocycles. The Hall–Kier alpha value is -1.49. The number of alkyl halides is 1. The van der Waals surface area contributed by atoms with Crippen LogP contribution in [0.3, 0.4) is 0 Å². The molecule has 0 aliphatic rings. The second kappa shape index (κ2) is 18.7. The van der Waals surface area contributed by atoms with E-state index in [1.54, 1.807) is 42.5 Å². The third-order valence-corrected chi connectivity index (χ3v) is 7.59. The fourth-order valence-electron chi connectivity index (χ4n) is 4.05. The fraction of sp³-hybridized carbons (Fsp3) is 0.586. The topological polar surface area (TPSA) is 67.8 Å². The van der Waals surface area contributed by atoms with Gasteiger partial charge in [-0.05, 0) is 48.4 Å². The van der Waals surface area contributed by atoms with Crippen LogP contribution in [0.25, 0.3) is 0 Å². The number of rotatable bonds is 21. The van der Waals surface area contributed by atoms with Crippen molar-refractivity contribution in [1.82, 2.24) is 0 Å². The molecule has 202 valence electrons. The van der Waals surface area contributed by atoms with Crippen LogP contribution < -0.4 is 18.7 Å². The van der Waals surface area contributed by atoms with Crippen LogP contribution in [-0.2, 0) is 9.90 Å². The third kappa shape index (κ3) is 14.3. The van der Waals surface area contributed by atoms with Gasteiger partial charge in [-0.3, -0.25) is 0 Å². The van der Waals surface area contributed by atoms with Gasteiger partial charge in [-0.1, -0.05) is 118 Å². The molecule has 0 aliphatic carbocycles. The van der Waals surface area contributed by atoms with Gasteiger partial charge in [0.25, 0.3) is 0 Å². The highest BCUT2D eigenvalue weighted by atomic mass is 79.9. The monoisotopic (exact) mass is 581 g/mol. The highest BCUT2D eigenvalue weighted by molar-refractivity contribution is 9.08. The number of halogens is 1. The summed E-state index contributed by atoms with van der Waals surface area (Å²) in [5, 5.41) is 0.606. The van der Waals surface area contributed by atoms with E-state index in [0.717, 1.165) is 12.0 Å². The second-order valence-corrected chi connectivity index (χ2v) is 11.1. The van der Waals surface area contributed by atoms with Crippen molar-refractivity contribution in [2.75, 3.05) is 6.61 Å². The maximum absolute atomic E-state index is 12.2. The fourth-order valence-corrected chi connectivity index (χ4v) is 5.18. The van der Waals surface area contributed by atoms with Crippen molar-refractivity contribution >= 4 is 23.8 Å². The predicted octanol–water partition coefficient (Wildman–Crippen LogP) is 9.37. The molecule has 0 N–H and O–H groups in total. The van der Waals surface area contributed by atoms with E-state index in [0.29, 0.717) is 17.7 Å². The van der Waals surface area contributed by atoms with Crippen molar-refractivity contribution in [1.29, 1.82) is 0 Å². The summed E-state index contributed by atoms with van der Waals surface area (Å²) in [6.07, 6.45) is 18.6. The summed E-state index contributed by atoms with van der Waals surface area (Å²) in [5.41, 5.74) is 0.910. The van der Waals surface area contributed by atoms with E-state index in [-0.39, 0.29) is 11.5 Å². The van der Waals surface area contributed by atoms with E-state index in [9.17, 15) is 9.46 Å². The molecule has 2 aromatic rings. The molecule has 0 spiro atoms. The maximum atomic E-state index is 12.2. The van der Waals surface area contributed by atoms with Gasteiger partial charge in [0.2, 0.25) is 0 Å². The van der Waals surface area contributed by atoms with E-state index < -0.39 is 7.82 Å². The van der Waals surface area contributed by atoms with Crippen LogP contribution in [0.1, 0.15) is 102 Å². The Morgan fingerprint density at radius 3 is 1.75 bits per heavy atom. The molecule has 0 heterocycles. The summed E-state index contributed by atoms with van der Waals surface area (Å²) >= 11 is 3.34. The number of hydrogen-bond acceptors (Lipinski definition) is 5. The molecule has 7 heteroatoms. The first-order valence-corrected chi connectivity index (χ1v) is 16.2. The van der Waals surface area contributed by atoms with Crippen molar-refractivity contribution in [2.45, 2.75) is 102 Å². The zero-order chi connectivity index (χ0) is 25.9. The molecule has 0 radical (unpaired) electrons. The molecule has 5 nitrogen and oxygen atoms in total. The van der Waals surface area contributed by atoms with E-state index in [4.69, 9.17) is 13.8 Å². The normalized spacial score (nSPS) is 12.8. The lowest BCUT2D eigenvalue weighted by molar-refractivity contribution is -0.208. The molecular formula is C29H43BrO5P-. The number of benzene rings is 2. The zero-order valence-corrected chi connectivity index (χ0v) is 24.3. The summed E-state index contributed by atoms with van der Waals surface area (Å²) in [5.74, 6) is 1.11. The van der Waals surface area contributed by atoms with E-state index in [1.165, 1.54) is 83.5 Å². The molecule has 0 aromatic heterocycles. The Morgan fingerprint density at radius 2 is 1.19 bits per heavy atom. The largest absolute Gasteiger partial charge is 0.736 e. The van der Waals surface area contributed by atoms with E-state index in [2.05, 4.69) is 22.9 Å². The number of phosphoric ester groups is 1. The summed E-state index contributed by atoms with van der Waals surface area (Å²) in [7, 11) is -4.54. The van der Waals surface area contributed by atoms with Crippen LogP contribution in [0.2, 0.25) is 0 Å². The number of phosphoric acid groups is 1. The van der Waals surface area contributed by atoms with Gasteiger partial charge < -0.3 is 18.7 Å². The summed E-state index contributed by atoms with van der Waals surface area (Å²) in [6.45, 7) is 2.93. The minimum absolute atomic E-state index is 0.189. The molecule has 36 heavy (non-hydrogen) atoms. The standard InChI is InChI=1S/C29H44BrO5P/c1-2-3-4-5-6-7-8-9-10-11-12-13-14-15-23-33-27-19-21-28(22-20-27)34-36(31,32)35-29-18-16-17-26(24-29)25-30/h16-22,24H,2-15,23,25H2,1H3,(H,31,32)/p-1. The van der Waals surface area contributed by atoms with Gasteiger partial charge in [0.05, 0.1) is 6.61 Å². The van der Waals surface area contributed by atoms with Gasteiger partial charge in [0.15, 0.2) is 0 Å². The van der Waals surface area contributed by atoms with Crippen LogP contribution in [-0.4, -0.2) is 6.61 Å². The average Bonchev–Trinajstić information content (AvgIpc) is 2.87. The molecule has 1 atom stereocenters. The molecule has 1 unspecified atom stereocenters. The van der Waals surface area contributed by atoms with Crippen molar-refractivity contribution < 1.29 is 23.2 Å². The minimum atomic E-state index is -4.54. The van der Waals surface area contributed by atoms with Gasteiger partial charge >= 0.3 is 7.82 Å². The second-order valence-electron chi connectivity index (χ2n) is 9.33. The van der Waals surface area contributed by atoms with Gasteiger partial charge in [-0.2, -0.15) is 0 Å². The van der Waals surface area contributed by atoms with Gasteiger partial charge in [-0.25, -0.2) is 4.57 Å². The zero-order valence-electron chi connectivity index (χ0n) is 21.8. The number of ether oxygens (including phenoxy) is 1. The smallest absolute Gasteiger partial charge is 0.372 e. The highest BCUT2D eigenvalue weighted by Gasteiger charge is 2.13. The molecule has 0 saturated heterocycles. The Kier molecular flexibility index (Phi) is 16.0. The van der Waals surface area contributed by atoms with Crippen LogP contribution in [0.5, 0.6) is 17.2 Å². The predicted molar refractivity (Wildman–Crippen MR) is 150 cm³/mol. The first-order valence-electron chi connectivity index (χ1n) is 13.6. The van der Waals surface area contributed by atoms with Crippen molar-refractivity contribution in [3.05, 3.63) is 54.1 Å².